The van der Waals surface area contributed by atoms with Crippen LogP contribution in [0, 0.1) is 0 Å². The molecule has 0 aromatic heterocycles. The second-order valence-electron chi connectivity index (χ2n) is 7.65. The van der Waals surface area contributed by atoms with E-state index in [1.807, 2.05) is 54.6 Å². The van der Waals surface area contributed by atoms with Gasteiger partial charge in [-0.1, -0.05) is 42.5 Å². The van der Waals surface area contributed by atoms with Crippen LogP contribution in [0.15, 0.2) is 78.9 Å². The van der Waals surface area contributed by atoms with Crippen molar-refractivity contribution in [1.29, 1.82) is 0 Å². The minimum Gasteiger partial charge on any atom is -0.483 e. The lowest BCUT2D eigenvalue weighted by atomic mass is 10.1. The highest BCUT2D eigenvalue weighted by molar-refractivity contribution is 5.97. The number of para-hydroxylation sites is 1. The summed E-state index contributed by atoms with van der Waals surface area (Å²) < 4.78 is 11.0. The van der Waals surface area contributed by atoms with E-state index in [2.05, 4.69) is 15.5 Å². The van der Waals surface area contributed by atoms with Gasteiger partial charge in [0.15, 0.2) is 6.61 Å². The fraction of sp³-hybridized carbons (Fsp3) is 0.231. The Bertz CT molecular complexity index is 1060. The minimum atomic E-state index is -0.298. The molecule has 0 spiro atoms. The molecular formula is C26H27N3O4. The fourth-order valence-electron chi connectivity index (χ4n) is 3.57. The molecule has 0 radical (unpaired) electrons. The Balaban J connectivity index is 1.29. The molecule has 170 valence electrons. The summed E-state index contributed by atoms with van der Waals surface area (Å²) in [5.41, 5.74) is 3.18. The number of carbonyl (C=O) groups excluding carboxylic acids is 2. The van der Waals surface area contributed by atoms with E-state index < -0.39 is 0 Å². The molecule has 1 aliphatic heterocycles. The van der Waals surface area contributed by atoms with Crippen LogP contribution < -0.4 is 20.3 Å². The molecule has 3 aromatic carbocycles. The lowest BCUT2D eigenvalue weighted by molar-refractivity contribution is -0.118. The highest BCUT2D eigenvalue weighted by Crippen LogP contribution is 2.20. The molecule has 2 N–H and O–H groups in total. The number of benzene rings is 3. The van der Waals surface area contributed by atoms with Crippen LogP contribution in [0.2, 0.25) is 0 Å². The van der Waals surface area contributed by atoms with Crippen molar-refractivity contribution < 1.29 is 19.1 Å². The average Bonchev–Trinajstić information content (AvgIpc) is 2.88. The number of hydrogen-bond acceptors (Lipinski definition) is 5. The van der Waals surface area contributed by atoms with Gasteiger partial charge < -0.3 is 25.0 Å². The van der Waals surface area contributed by atoms with E-state index in [1.165, 1.54) is 0 Å². The lowest BCUT2D eigenvalue weighted by Crippen LogP contribution is -2.36. The van der Waals surface area contributed by atoms with Crippen LogP contribution >= 0.6 is 0 Å². The Morgan fingerprint density at radius 2 is 1.58 bits per heavy atom. The Hall–Kier alpha value is -3.84. The average molecular weight is 446 g/mol. The van der Waals surface area contributed by atoms with Crippen molar-refractivity contribution in [2.75, 3.05) is 43.1 Å². The maximum Gasteiger partial charge on any atom is 0.262 e. The number of nitrogens with one attached hydrogen (secondary N) is 2. The van der Waals surface area contributed by atoms with Crippen LogP contribution in [0.4, 0.5) is 11.4 Å². The van der Waals surface area contributed by atoms with E-state index in [0.29, 0.717) is 23.5 Å². The normalized spacial score (nSPS) is 13.3. The third-order valence-electron chi connectivity index (χ3n) is 5.31. The third kappa shape index (κ3) is 6.33. The van der Waals surface area contributed by atoms with Gasteiger partial charge >= 0.3 is 0 Å². The molecule has 4 rings (SSSR count). The molecule has 7 nitrogen and oxygen atoms in total. The topological polar surface area (TPSA) is 79.9 Å². The van der Waals surface area contributed by atoms with Gasteiger partial charge in [-0.15, -0.1) is 0 Å². The number of morpholine rings is 1. The van der Waals surface area contributed by atoms with Gasteiger partial charge in [0.05, 0.1) is 18.8 Å². The first kappa shape index (κ1) is 22.4. The van der Waals surface area contributed by atoms with Gasteiger partial charge in [0.1, 0.15) is 5.75 Å². The molecule has 1 saturated heterocycles. The van der Waals surface area contributed by atoms with Crippen molar-refractivity contribution >= 4 is 23.2 Å². The molecule has 1 fully saturated rings. The standard InChI is InChI=1S/C26H27N3O4/c30-25(28-21-10-12-22(13-11-21)29-14-16-32-17-15-29)19-33-24-9-5-4-8-23(24)26(31)27-18-20-6-2-1-3-7-20/h1-13H,14-19H2,(H,27,31)(H,28,30). The van der Waals surface area contributed by atoms with Crippen LogP contribution in [-0.2, 0) is 16.1 Å². The number of carbonyl (C=O) groups is 2. The van der Waals surface area contributed by atoms with Gasteiger partial charge in [-0.25, -0.2) is 0 Å². The minimum absolute atomic E-state index is 0.200. The highest BCUT2D eigenvalue weighted by Gasteiger charge is 2.14. The number of nitrogens with zero attached hydrogens (tertiary/aromatic N) is 1. The third-order valence-corrected chi connectivity index (χ3v) is 5.31. The second-order valence-corrected chi connectivity index (χ2v) is 7.65. The van der Waals surface area contributed by atoms with Gasteiger partial charge in [-0.2, -0.15) is 0 Å². The quantitative estimate of drug-likeness (QED) is 0.555. The Kier molecular flexibility index (Phi) is 7.56. The maximum absolute atomic E-state index is 12.6. The highest BCUT2D eigenvalue weighted by atomic mass is 16.5. The lowest BCUT2D eigenvalue weighted by Gasteiger charge is -2.28. The largest absolute Gasteiger partial charge is 0.483 e. The molecule has 0 bridgehead atoms. The molecule has 1 aliphatic rings. The van der Waals surface area contributed by atoms with E-state index in [-0.39, 0.29) is 18.4 Å². The summed E-state index contributed by atoms with van der Waals surface area (Å²) in [6.45, 7) is 3.38. The second kappa shape index (κ2) is 11.2. The number of rotatable bonds is 8. The van der Waals surface area contributed by atoms with Gasteiger partial charge in [0.25, 0.3) is 11.8 Å². The Labute approximate surface area is 193 Å². The first-order valence-corrected chi connectivity index (χ1v) is 11.0. The van der Waals surface area contributed by atoms with Crippen LogP contribution in [0.5, 0.6) is 5.75 Å². The Morgan fingerprint density at radius 3 is 2.33 bits per heavy atom. The zero-order valence-corrected chi connectivity index (χ0v) is 18.3. The molecule has 0 atom stereocenters. The van der Waals surface area contributed by atoms with E-state index in [1.54, 1.807) is 24.3 Å². The molecule has 3 aromatic rings. The van der Waals surface area contributed by atoms with Gasteiger partial charge in [-0.3, -0.25) is 9.59 Å². The summed E-state index contributed by atoms with van der Waals surface area (Å²) in [6.07, 6.45) is 0. The summed E-state index contributed by atoms with van der Waals surface area (Å²) in [5, 5.41) is 5.71. The molecule has 0 unspecified atom stereocenters. The maximum atomic E-state index is 12.6. The predicted molar refractivity (Wildman–Crippen MR) is 128 cm³/mol. The van der Waals surface area contributed by atoms with Crippen LogP contribution in [0.3, 0.4) is 0 Å². The monoisotopic (exact) mass is 445 g/mol. The predicted octanol–water partition coefficient (Wildman–Crippen LogP) is 3.47. The van der Waals surface area contributed by atoms with Gasteiger partial charge in [0, 0.05) is 31.0 Å². The zero-order valence-electron chi connectivity index (χ0n) is 18.3. The first-order chi connectivity index (χ1) is 16.2. The van der Waals surface area contributed by atoms with Crippen molar-refractivity contribution in [3.8, 4) is 5.75 Å². The van der Waals surface area contributed by atoms with E-state index in [9.17, 15) is 9.59 Å². The fourth-order valence-corrected chi connectivity index (χ4v) is 3.57. The summed E-state index contributed by atoms with van der Waals surface area (Å²) in [4.78, 5) is 27.3. The van der Waals surface area contributed by atoms with Crippen LogP contribution in [0.1, 0.15) is 15.9 Å². The molecule has 2 amide bonds. The summed E-state index contributed by atoms with van der Waals surface area (Å²) in [7, 11) is 0. The van der Waals surface area contributed by atoms with Crippen molar-refractivity contribution in [2.24, 2.45) is 0 Å². The molecule has 0 aliphatic carbocycles. The molecule has 1 heterocycles. The van der Waals surface area contributed by atoms with Crippen molar-refractivity contribution in [1.82, 2.24) is 5.32 Å². The van der Waals surface area contributed by atoms with Gasteiger partial charge in [-0.05, 0) is 42.0 Å². The van der Waals surface area contributed by atoms with Crippen molar-refractivity contribution in [3.05, 3.63) is 90.0 Å². The summed E-state index contributed by atoms with van der Waals surface area (Å²) in [5.74, 6) is -0.192. The molecule has 0 saturated carbocycles. The Morgan fingerprint density at radius 1 is 0.879 bits per heavy atom. The van der Waals surface area contributed by atoms with E-state index >= 15 is 0 Å². The van der Waals surface area contributed by atoms with Gasteiger partial charge in [0.2, 0.25) is 0 Å². The van der Waals surface area contributed by atoms with Crippen molar-refractivity contribution in [3.63, 3.8) is 0 Å². The van der Waals surface area contributed by atoms with Crippen molar-refractivity contribution in [2.45, 2.75) is 6.54 Å². The molecular weight excluding hydrogens is 418 g/mol. The summed E-state index contributed by atoms with van der Waals surface area (Å²) in [6, 6.07) is 24.3. The SMILES string of the molecule is O=C(COc1ccccc1C(=O)NCc1ccccc1)Nc1ccc(N2CCOCC2)cc1. The summed E-state index contributed by atoms with van der Waals surface area (Å²) >= 11 is 0. The molecule has 33 heavy (non-hydrogen) atoms. The zero-order chi connectivity index (χ0) is 22.9. The van der Waals surface area contributed by atoms with Crippen LogP contribution in [0.25, 0.3) is 0 Å². The number of anilines is 2. The van der Waals surface area contributed by atoms with Crippen LogP contribution in [-0.4, -0.2) is 44.7 Å². The smallest absolute Gasteiger partial charge is 0.262 e. The number of amides is 2. The van der Waals surface area contributed by atoms with E-state index in [0.717, 1.165) is 37.6 Å². The first-order valence-electron chi connectivity index (χ1n) is 11.0. The van der Waals surface area contributed by atoms with E-state index in [4.69, 9.17) is 9.47 Å². The number of ether oxygens (including phenoxy) is 2. The molecule has 7 heteroatoms. The number of hydrogen-bond donors (Lipinski definition) is 2.